The molecule has 1 aliphatic heterocycles. The number of nitrogens with one attached hydrogen (secondary N) is 1. The highest BCUT2D eigenvalue weighted by Crippen LogP contribution is 2.25. The van der Waals surface area contributed by atoms with Crippen LogP contribution in [0.3, 0.4) is 0 Å². The highest BCUT2D eigenvalue weighted by molar-refractivity contribution is 8.18. The zero-order valence-electron chi connectivity index (χ0n) is 10.9. The van der Waals surface area contributed by atoms with E-state index in [1.807, 2.05) is 0 Å². The minimum atomic E-state index is -0.519. The predicted molar refractivity (Wildman–Crippen MR) is 79.3 cm³/mol. The van der Waals surface area contributed by atoms with Crippen molar-refractivity contribution in [3.63, 3.8) is 0 Å². The molecule has 1 aliphatic rings. The molecule has 0 bridgehead atoms. The Kier molecular flexibility index (Phi) is 3.47. The first-order valence-corrected chi connectivity index (χ1v) is 6.89. The van der Waals surface area contributed by atoms with Crippen molar-refractivity contribution >= 4 is 34.7 Å². The summed E-state index contributed by atoms with van der Waals surface area (Å²) in [5.74, 6) is -0.415. The molecule has 8 nitrogen and oxygen atoms in total. The molecule has 0 atom stereocenters. The van der Waals surface area contributed by atoms with Crippen LogP contribution in [0.4, 0.5) is 10.5 Å². The maximum Gasteiger partial charge on any atom is 0.307 e. The fourth-order valence-electron chi connectivity index (χ4n) is 1.84. The Morgan fingerprint density at radius 1 is 1.27 bits per heavy atom. The number of hydrogen-bond acceptors (Lipinski definition) is 6. The van der Waals surface area contributed by atoms with Gasteiger partial charge < -0.3 is 0 Å². The Labute approximate surface area is 128 Å². The Balaban J connectivity index is 1.83. The average Bonchev–Trinajstić information content (AvgIpc) is 3.07. The summed E-state index contributed by atoms with van der Waals surface area (Å²) < 4.78 is 1.38. The Bertz CT molecular complexity index is 810. The van der Waals surface area contributed by atoms with Crippen LogP contribution < -0.4 is 5.32 Å². The fraction of sp³-hybridized carbons (Fsp3) is 0. The van der Waals surface area contributed by atoms with Gasteiger partial charge in [-0.1, -0.05) is 12.1 Å². The van der Waals surface area contributed by atoms with E-state index < -0.39 is 16.1 Å². The second kappa shape index (κ2) is 5.45. The summed E-state index contributed by atoms with van der Waals surface area (Å²) in [7, 11) is 0. The van der Waals surface area contributed by atoms with Gasteiger partial charge in [0.15, 0.2) is 0 Å². The van der Waals surface area contributed by atoms with Gasteiger partial charge in [-0.05, 0) is 35.5 Å². The number of nitro groups is 1. The molecule has 0 unspecified atom stereocenters. The van der Waals surface area contributed by atoms with Gasteiger partial charge in [0.2, 0.25) is 0 Å². The van der Waals surface area contributed by atoms with Crippen LogP contribution in [0.2, 0.25) is 0 Å². The summed E-state index contributed by atoms with van der Waals surface area (Å²) in [6.45, 7) is 0. The van der Waals surface area contributed by atoms with Crippen LogP contribution in [0.25, 0.3) is 11.8 Å². The summed E-state index contributed by atoms with van der Waals surface area (Å²) in [5, 5.41) is 16.3. The van der Waals surface area contributed by atoms with Crippen molar-refractivity contribution in [2.24, 2.45) is 0 Å². The number of amides is 2. The van der Waals surface area contributed by atoms with E-state index in [4.69, 9.17) is 0 Å². The van der Waals surface area contributed by atoms with E-state index in [-0.39, 0.29) is 5.69 Å². The minimum absolute atomic E-state index is 0.0938. The first-order chi connectivity index (χ1) is 10.5. The Morgan fingerprint density at radius 2 is 2.00 bits per heavy atom. The SMILES string of the molecule is O=C1NC(=O)C(=Cc2ccc(-n3cc([N+](=O)[O-])cn3)cc2)S1. The van der Waals surface area contributed by atoms with Gasteiger partial charge in [0.05, 0.1) is 15.5 Å². The van der Waals surface area contributed by atoms with E-state index in [1.54, 1.807) is 30.3 Å². The lowest BCUT2D eigenvalue weighted by atomic mass is 10.2. The van der Waals surface area contributed by atoms with Crippen molar-refractivity contribution < 1.29 is 14.5 Å². The molecule has 1 N–H and O–H groups in total. The summed E-state index contributed by atoms with van der Waals surface area (Å²) in [6, 6.07) is 6.88. The first kappa shape index (κ1) is 14.0. The lowest BCUT2D eigenvalue weighted by Gasteiger charge is -2.01. The molecule has 0 saturated carbocycles. The van der Waals surface area contributed by atoms with Crippen LogP contribution in [-0.4, -0.2) is 25.9 Å². The third kappa shape index (κ3) is 2.74. The molecule has 2 heterocycles. The molecule has 1 aromatic carbocycles. The number of thioether (sulfide) groups is 1. The van der Waals surface area contributed by atoms with E-state index in [0.717, 1.165) is 17.3 Å². The summed E-state index contributed by atoms with van der Waals surface area (Å²) >= 11 is 0.845. The maximum absolute atomic E-state index is 11.4. The van der Waals surface area contributed by atoms with Crippen molar-refractivity contribution in [1.29, 1.82) is 0 Å². The number of imide groups is 1. The normalized spacial score (nSPS) is 16.1. The van der Waals surface area contributed by atoms with Crippen LogP contribution in [0.5, 0.6) is 0 Å². The molecule has 1 saturated heterocycles. The second-order valence-electron chi connectivity index (χ2n) is 4.34. The van der Waals surface area contributed by atoms with Crippen LogP contribution in [0, 0.1) is 10.1 Å². The smallest absolute Gasteiger partial charge is 0.282 e. The van der Waals surface area contributed by atoms with E-state index in [2.05, 4.69) is 10.4 Å². The average molecular weight is 316 g/mol. The largest absolute Gasteiger partial charge is 0.307 e. The monoisotopic (exact) mass is 316 g/mol. The molecule has 0 spiro atoms. The Morgan fingerprint density at radius 3 is 2.55 bits per heavy atom. The van der Waals surface area contributed by atoms with Gasteiger partial charge in [0.1, 0.15) is 12.4 Å². The molecule has 0 radical (unpaired) electrons. The molecular weight excluding hydrogens is 308 g/mol. The Hall–Kier alpha value is -2.94. The molecule has 110 valence electrons. The molecule has 3 rings (SSSR count). The highest BCUT2D eigenvalue weighted by atomic mass is 32.2. The molecule has 2 aromatic rings. The van der Waals surface area contributed by atoms with Crippen molar-refractivity contribution in [1.82, 2.24) is 15.1 Å². The van der Waals surface area contributed by atoms with Gasteiger partial charge in [0.25, 0.3) is 11.1 Å². The van der Waals surface area contributed by atoms with E-state index >= 15 is 0 Å². The number of hydrogen-bond donors (Lipinski definition) is 1. The summed E-state index contributed by atoms with van der Waals surface area (Å²) in [6.07, 6.45) is 4.08. The zero-order chi connectivity index (χ0) is 15.7. The molecule has 2 amide bonds. The van der Waals surface area contributed by atoms with Gasteiger partial charge in [-0.15, -0.1) is 0 Å². The summed E-state index contributed by atoms with van der Waals surface area (Å²) in [5.41, 5.74) is 1.29. The second-order valence-corrected chi connectivity index (χ2v) is 5.36. The molecular formula is C13H8N4O4S. The van der Waals surface area contributed by atoms with Gasteiger partial charge in [0, 0.05) is 0 Å². The number of benzene rings is 1. The van der Waals surface area contributed by atoms with Crippen molar-refractivity contribution in [2.45, 2.75) is 0 Å². The van der Waals surface area contributed by atoms with Crippen LogP contribution in [0.1, 0.15) is 5.56 Å². The number of carbonyl (C=O) groups is 2. The van der Waals surface area contributed by atoms with E-state index in [0.29, 0.717) is 10.6 Å². The topological polar surface area (TPSA) is 107 Å². The molecule has 9 heteroatoms. The predicted octanol–water partition coefficient (Wildman–Crippen LogP) is 2.10. The van der Waals surface area contributed by atoms with E-state index in [9.17, 15) is 19.7 Å². The standard InChI is InChI=1S/C13H8N4O4S/c18-12-11(22-13(19)15-12)5-8-1-3-9(4-2-8)16-7-10(6-14-16)17(20)21/h1-7H,(H,15,18,19). The number of rotatable bonds is 3. The van der Waals surface area contributed by atoms with E-state index in [1.165, 1.54) is 17.1 Å². The maximum atomic E-state index is 11.4. The van der Waals surface area contributed by atoms with Gasteiger partial charge in [-0.3, -0.25) is 25.0 Å². The van der Waals surface area contributed by atoms with Gasteiger partial charge in [-0.2, -0.15) is 5.10 Å². The fourth-order valence-corrected chi connectivity index (χ4v) is 2.53. The van der Waals surface area contributed by atoms with Crippen LogP contribution in [0.15, 0.2) is 41.6 Å². The minimum Gasteiger partial charge on any atom is -0.282 e. The van der Waals surface area contributed by atoms with Crippen molar-refractivity contribution in [3.8, 4) is 5.69 Å². The number of aromatic nitrogens is 2. The lowest BCUT2D eigenvalue weighted by Crippen LogP contribution is -2.17. The quantitative estimate of drug-likeness (QED) is 0.528. The summed E-state index contributed by atoms with van der Waals surface area (Å²) in [4.78, 5) is 33.0. The lowest BCUT2D eigenvalue weighted by molar-refractivity contribution is -0.384. The first-order valence-electron chi connectivity index (χ1n) is 6.07. The number of nitrogens with zero attached hydrogens (tertiary/aromatic N) is 3. The third-order valence-corrected chi connectivity index (χ3v) is 3.69. The molecule has 22 heavy (non-hydrogen) atoms. The van der Waals surface area contributed by atoms with Crippen molar-refractivity contribution in [2.75, 3.05) is 0 Å². The molecule has 0 aliphatic carbocycles. The van der Waals surface area contributed by atoms with Gasteiger partial charge >= 0.3 is 5.69 Å². The highest BCUT2D eigenvalue weighted by Gasteiger charge is 2.24. The van der Waals surface area contributed by atoms with Crippen molar-refractivity contribution in [3.05, 3.63) is 57.2 Å². The van der Waals surface area contributed by atoms with Crippen LogP contribution >= 0.6 is 11.8 Å². The van der Waals surface area contributed by atoms with Gasteiger partial charge in [-0.25, -0.2) is 4.68 Å². The van der Waals surface area contributed by atoms with Crippen LogP contribution in [-0.2, 0) is 4.79 Å². The third-order valence-electron chi connectivity index (χ3n) is 2.88. The molecule has 1 aromatic heterocycles. The zero-order valence-corrected chi connectivity index (χ0v) is 11.7. The number of carbonyl (C=O) groups excluding carboxylic acids is 2. The molecule has 1 fully saturated rings.